The van der Waals surface area contributed by atoms with E-state index in [9.17, 15) is 0 Å². The summed E-state index contributed by atoms with van der Waals surface area (Å²) < 4.78 is 5.66. The molecule has 3 N–H and O–H groups in total. The maximum atomic E-state index is 5.66. The van der Waals surface area contributed by atoms with Gasteiger partial charge in [0.2, 0.25) is 11.9 Å². The van der Waals surface area contributed by atoms with E-state index in [1.54, 1.807) is 0 Å². The van der Waals surface area contributed by atoms with Gasteiger partial charge in [-0.1, -0.05) is 13.8 Å². The van der Waals surface area contributed by atoms with Crippen LogP contribution in [0.2, 0.25) is 0 Å². The summed E-state index contributed by atoms with van der Waals surface area (Å²) in [6.07, 6.45) is 2.32. The Balaban J connectivity index is 1.99. The van der Waals surface area contributed by atoms with Gasteiger partial charge in [-0.2, -0.15) is 15.0 Å². The summed E-state index contributed by atoms with van der Waals surface area (Å²) in [5, 5.41) is 0. The van der Waals surface area contributed by atoms with E-state index in [1.807, 2.05) is 0 Å². The highest BCUT2D eigenvalue weighted by atomic mass is 16.5. The molecule has 1 aromatic rings. The monoisotopic (exact) mass is 295 g/mol. The molecule has 1 aromatic heterocycles. The van der Waals surface area contributed by atoms with Crippen molar-refractivity contribution in [3.8, 4) is 6.01 Å². The lowest BCUT2D eigenvalue weighted by Crippen LogP contribution is -2.28. The molecule has 2 heterocycles. The van der Waals surface area contributed by atoms with Gasteiger partial charge in [0.1, 0.15) is 6.61 Å². The first-order chi connectivity index (χ1) is 10.3. The number of hydrazine groups is 1. The van der Waals surface area contributed by atoms with Gasteiger partial charge in [-0.3, -0.25) is 5.43 Å². The van der Waals surface area contributed by atoms with Crippen molar-refractivity contribution in [1.82, 2.24) is 19.9 Å². The third-order valence-electron chi connectivity index (χ3n) is 3.65. The lowest BCUT2D eigenvalue weighted by Gasteiger charge is -2.18. The fourth-order valence-corrected chi connectivity index (χ4v) is 2.34. The summed E-state index contributed by atoms with van der Waals surface area (Å²) in [6.45, 7) is 9.61. The Morgan fingerprint density at radius 3 is 2.52 bits per heavy atom. The zero-order valence-corrected chi connectivity index (χ0v) is 12.9. The number of nitrogens with zero attached hydrogens (tertiary/aromatic N) is 5. The molecule has 1 fully saturated rings. The van der Waals surface area contributed by atoms with Crippen LogP contribution in [0.15, 0.2) is 0 Å². The number of ether oxygens (including phenoxy) is 1. The second-order valence-corrected chi connectivity index (χ2v) is 4.96. The minimum absolute atomic E-state index is 0.326. The second kappa shape index (κ2) is 7.94. The van der Waals surface area contributed by atoms with Crippen molar-refractivity contribution >= 4 is 11.9 Å². The van der Waals surface area contributed by atoms with Gasteiger partial charge < -0.3 is 14.5 Å². The average Bonchev–Trinajstić information content (AvgIpc) is 3.05. The molecule has 0 bridgehead atoms. The van der Waals surface area contributed by atoms with Crippen molar-refractivity contribution in [3.63, 3.8) is 0 Å². The van der Waals surface area contributed by atoms with Crippen molar-refractivity contribution in [2.24, 2.45) is 5.84 Å². The van der Waals surface area contributed by atoms with E-state index >= 15 is 0 Å². The first-order valence-electron chi connectivity index (χ1n) is 7.59. The molecular formula is C13H25N7O. The van der Waals surface area contributed by atoms with Crippen molar-refractivity contribution < 1.29 is 4.74 Å². The quantitative estimate of drug-likeness (QED) is 0.528. The Hall–Kier alpha value is -1.67. The summed E-state index contributed by atoms with van der Waals surface area (Å²) in [5.41, 5.74) is 2.47. The maximum Gasteiger partial charge on any atom is 0.323 e. The molecule has 21 heavy (non-hydrogen) atoms. The highest BCUT2D eigenvalue weighted by Gasteiger charge is 2.17. The van der Waals surface area contributed by atoms with Crippen LogP contribution in [0, 0.1) is 0 Å². The number of nitrogens with one attached hydrogen (secondary N) is 1. The number of hydrogen-bond donors (Lipinski definition) is 2. The summed E-state index contributed by atoms with van der Waals surface area (Å²) in [6, 6.07) is 0.326. The molecule has 0 unspecified atom stereocenters. The summed E-state index contributed by atoms with van der Waals surface area (Å²) in [4.78, 5) is 17.2. The minimum Gasteiger partial charge on any atom is -0.462 e. The fourth-order valence-electron chi connectivity index (χ4n) is 2.34. The number of rotatable bonds is 8. The molecular weight excluding hydrogens is 270 g/mol. The van der Waals surface area contributed by atoms with E-state index < -0.39 is 0 Å². The first-order valence-corrected chi connectivity index (χ1v) is 7.59. The van der Waals surface area contributed by atoms with Crippen LogP contribution in [0.25, 0.3) is 0 Å². The van der Waals surface area contributed by atoms with Crippen LogP contribution in [-0.2, 0) is 0 Å². The number of nitrogens with two attached hydrogens (primary N) is 1. The molecule has 0 aliphatic carbocycles. The lowest BCUT2D eigenvalue weighted by atomic mass is 10.4. The van der Waals surface area contributed by atoms with Crippen molar-refractivity contribution in [3.05, 3.63) is 0 Å². The van der Waals surface area contributed by atoms with E-state index in [-0.39, 0.29) is 0 Å². The first kappa shape index (κ1) is 15.7. The molecule has 2 rings (SSSR count). The SMILES string of the molecule is CCN(CC)CCOc1nc(NN)nc(N2CCCC2)n1. The molecule has 8 heteroatoms. The van der Waals surface area contributed by atoms with E-state index in [0.717, 1.165) is 45.6 Å². The van der Waals surface area contributed by atoms with Gasteiger partial charge in [0.05, 0.1) is 0 Å². The Morgan fingerprint density at radius 2 is 1.90 bits per heavy atom. The fraction of sp³-hybridized carbons (Fsp3) is 0.769. The number of aromatic nitrogens is 3. The molecule has 0 amide bonds. The summed E-state index contributed by atoms with van der Waals surface area (Å²) >= 11 is 0. The Bertz CT molecular complexity index is 433. The van der Waals surface area contributed by atoms with Crippen LogP contribution in [0.4, 0.5) is 11.9 Å². The number of hydrogen-bond acceptors (Lipinski definition) is 8. The van der Waals surface area contributed by atoms with Gasteiger partial charge in [0, 0.05) is 19.6 Å². The number of anilines is 2. The highest BCUT2D eigenvalue weighted by Crippen LogP contribution is 2.19. The Morgan fingerprint density at radius 1 is 1.19 bits per heavy atom. The number of likely N-dealkylation sites (N-methyl/N-ethyl adjacent to an activating group) is 1. The van der Waals surface area contributed by atoms with Gasteiger partial charge in [0.15, 0.2) is 0 Å². The van der Waals surface area contributed by atoms with Crippen LogP contribution in [0.3, 0.4) is 0 Å². The molecule has 1 aliphatic rings. The van der Waals surface area contributed by atoms with Crippen LogP contribution in [0.1, 0.15) is 26.7 Å². The molecule has 0 atom stereocenters. The topological polar surface area (TPSA) is 92.4 Å². The van der Waals surface area contributed by atoms with E-state index in [1.165, 1.54) is 0 Å². The molecule has 0 saturated carbocycles. The average molecular weight is 295 g/mol. The summed E-state index contributed by atoms with van der Waals surface area (Å²) in [5.74, 6) is 6.39. The predicted molar refractivity (Wildman–Crippen MR) is 82.4 cm³/mol. The molecule has 8 nitrogen and oxygen atoms in total. The summed E-state index contributed by atoms with van der Waals surface area (Å²) in [7, 11) is 0. The standard InChI is InChI=1S/C13H25N7O/c1-3-19(4-2)9-10-21-13-16-11(18-14)15-12(17-13)20-7-5-6-8-20/h3-10,14H2,1-2H3,(H,15,16,17,18). The third-order valence-corrected chi connectivity index (χ3v) is 3.65. The van der Waals surface area contributed by atoms with E-state index in [0.29, 0.717) is 24.5 Å². The minimum atomic E-state index is 0.326. The lowest BCUT2D eigenvalue weighted by molar-refractivity contribution is 0.212. The van der Waals surface area contributed by atoms with Crippen LogP contribution < -0.4 is 20.9 Å². The van der Waals surface area contributed by atoms with Gasteiger partial charge >= 0.3 is 6.01 Å². The third kappa shape index (κ3) is 4.40. The van der Waals surface area contributed by atoms with Crippen molar-refractivity contribution in [2.45, 2.75) is 26.7 Å². The van der Waals surface area contributed by atoms with Gasteiger partial charge in [-0.25, -0.2) is 5.84 Å². The van der Waals surface area contributed by atoms with Crippen LogP contribution in [0.5, 0.6) is 6.01 Å². The molecule has 0 radical (unpaired) electrons. The van der Waals surface area contributed by atoms with Crippen LogP contribution in [-0.4, -0.2) is 59.2 Å². The predicted octanol–water partition coefficient (Wildman–Crippen LogP) is 0.478. The van der Waals surface area contributed by atoms with Gasteiger partial charge in [-0.15, -0.1) is 0 Å². The second-order valence-electron chi connectivity index (χ2n) is 4.96. The molecule has 1 aliphatic heterocycles. The smallest absolute Gasteiger partial charge is 0.323 e. The maximum absolute atomic E-state index is 5.66. The highest BCUT2D eigenvalue weighted by molar-refractivity contribution is 5.38. The molecule has 1 saturated heterocycles. The van der Waals surface area contributed by atoms with E-state index in [2.05, 4.69) is 44.0 Å². The zero-order valence-electron chi connectivity index (χ0n) is 12.9. The van der Waals surface area contributed by atoms with Crippen molar-refractivity contribution in [2.75, 3.05) is 49.7 Å². The Kier molecular flexibility index (Phi) is 5.94. The largest absolute Gasteiger partial charge is 0.462 e. The van der Waals surface area contributed by atoms with Gasteiger partial charge in [-0.05, 0) is 25.9 Å². The molecule has 118 valence electrons. The van der Waals surface area contributed by atoms with E-state index in [4.69, 9.17) is 10.6 Å². The van der Waals surface area contributed by atoms with Crippen LogP contribution >= 0.6 is 0 Å². The van der Waals surface area contributed by atoms with Gasteiger partial charge in [0.25, 0.3) is 0 Å². The zero-order chi connectivity index (χ0) is 15.1. The normalized spacial score (nSPS) is 14.8. The molecule has 0 spiro atoms. The number of nitrogen functional groups attached to an aromatic ring is 1. The molecule has 0 aromatic carbocycles. The Labute approximate surface area is 125 Å². The van der Waals surface area contributed by atoms with Crippen molar-refractivity contribution in [1.29, 1.82) is 0 Å².